The van der Waals surface area contributed by atoms with Crippen molar-refractivity contribution in [2.24, 2.45) is 0 Å². The highest BCUT2D eigenvalue weighted by Crippen LogP contribution is 2.48. The summed E-state index contributed by atoms with van der Waals surface area (Å²) in [5.74, 6) is -1.76. The third kappa shape index (κ3) is 4.22. The molecule has 1 aromatic heterocycles. The predicted molar refractivity (Wildman–Crippen MR) is 133 cm³/mol. The highest BCUT2D eigenvalue weighted by Gasteiger charge is 2.47. The third-order valence-corrected chi connectivity index (χ3v) is 6.62. The summed E-state index contributed by atoms with van der Waals surface area (Å²) in [6.07, 6.45) is 2.24. The number of fused-ring (bicyclic) bond motifs is 1. The third-order valence-electron chi connectivity index (χ3n) is 6.00. The summed E-state index contributed by atoms with van der Waals surface area (Å²) in [7, 11) is 4.33. The average Bonchev–Trinajstić information content (AvgIpc) is 3.38. The van der Waals surface area contributed by atoms with Crippen molar-refractivity contribution in [1.82, 2.24) is 9.88 Å². The van der Waals surface area contributed by atoms with Gasteiger partial charge in [-0.25, -0.2) is 0 Å². The number of ketones is 1. The Balaban J connectivity index is 1.97. The van der Waals surface area contributed by atoms with Crippen LogP contribution in [0.1, 0.15) is 23.6 Å². The van der Waals surface area contributed by atoms with Crippen molar-refractivity contribution < 1.29 is 28.9 Å². The largest absolute Gasteiger partial charge is 0.507 e. The summed E-state index contributed by atoms with van der Waals surface area (Å²) in [5.41, 5.74) is 1.48. The molecule has 1 saturated heterocycles. The van der Waals surface area contributed by atoms with E-state index < -0.39 is 23.5 Å². The fourth-order valence-corrected chi connectivity index (χ4v) is 5.11. The van der Waals surface area contributed by atoms with Gasteiger partial charge in [-0.15, -0.1) is 0 Å². The van der Waals surface area contributed by atoms with Gasteiger partial charge in [0.15, 0.2) is 11.5 Å². The first-order chi connectivity index (χ1) is 16.8. The molecule has 1 aliphatic rings. The Morgan fingerprint density at radius 1 is 1.11 bits per heavy atom. The maximum absolute atomic E-state index is 13.3. The standard InChI is InChI=1S/C25H24Cl2N2O6/c1-33-10-6-9-29-20(15-12-28-17-8-5-4-7-13(15)17)18(22(31)25(29)32)21(30)14-11-16(26)24(35-3)19(27)23(14)34-2/h4-5,7-8,11-12,20,28,30H,6,9-10H2,1-3H3/b21-18+. The number of hydrogen-bond acceptors (Lipinski definition) is 6. The Hall–Kier alpha value is -3.20. The second-order valence-corrected chi connectivity index (χ2v) is 8.70. The number of para-hydroxylation sites is 1. The molecule has 0 spiro atoms. The van der Waals surface area contributed by atoms with Crippen molar-refractivity contribution in [2.75, 3.05) is 34.5 Å². The molecule has 0 saturated carbocycles. The highest BCUT2D eigenvalue weighted by molar-refractivity contribution is 6.47. The number of aliphatic hydroxyl groups excluding tert-OH is 1. The Morgan fingerprint density at radius 3 is 2.51 bits per heavy atom. The van der Waals surface area contributed by atoms with Gasteiger partial charge in [0.05, 0.1) is 36.4 Å². The van der Waals surface area contributed by atoms with Gasteiger partial charge in [0, 0.05) is 42.9 Å². The van der Waals surface area contributed by atoms with Crippen LogP contribution in [-0.4, -0.2) is 61.2 Å². The molecule has 1 fully saturated rings. The number of carbonyl (C=O) groups is 2. The van der Waals surface area contributed by atoms with Crippen LogP contribution in [-0.2, 0) is 14.3 Å². The van der Waals surface area contributed by atoms with Crippen molar-refractivity contribution >= 4 is 51.6 Å². The molecule has 0 bridgehead atoms. The number of methoxy groups -OCH3 is 3. The van der Waals surface area contributed by atoms with Gasteiger partial charge >= 0.3 is 0 Å². The van der Waals surface area contributed by atoms with Crippen LogP contribution in [0, 0.1) is 0 Å². The van der Waals surface area contributed by atoms with Crippen LogP contribution < -0.4 is 9.47 Å². The molecule has 1 unspecified atom stereocenters. The van der Waals surface area contributed by atoms with E-state index in [9.17, 15) is 14.7 Å². The topological polar surface area (TPSA) is 101 Å². The molecule has 4 rings (SSSR count). The number of Topliss-reactive ketones (excluding diaryl/α,β-unsaturated/α-hetero) is 1. The number of likely N-dealkylation sites (tertiary alicyclic amines) is 1. The van der Waals surface area contributed by atoms with Gasteiger partial charge in [0.2, 0.25) is 0 Å². The molecule has 3 aromatic rings. The van der Waals surface area contributed by atoms with E-state index in [4.69, 9.17) is 37.4 Å². The number of halogens is 2. The quantitative estimate of drug-likeness (QED) is 0.189. The highest BCUT2D eigenvalue weighted by atomic mass is 35.5. The summed E-state index contributed by atoms with van der Waals surface area (Å²) >= 11 is 12.7. The molecule has 2 aromatic carbocycles. The van der Waals surface area contributed by atoms with Crippen molar-refractivity contribution in [3.05, 3.63) is 63.3 Å². The number of aromatic amines is 1. The molecule has 1 aliphatic heterocycles. The number of benzene rings is 2. The number of ether oxygens (including phenoxy) is 3. The molecule has 10 heteroatoms. The number of H-pyrrole nitrogens is 1. The molecule has 2 N–H and O–H groups in total. The van der Waals surface area contributed by atoms with Gasteiger partial charge in [-0.3, -0.25) is 9.59 Å². The molecule has 1 amide bonds. The van der Waals surface area contributed by atoms with E-state index in [1.807, 2.05) is 24.3 Å². The Labute approximate surface area is 212 Å². The molecule has 184 valence electrons. The van der Waals surface area contributed by atoms with Gasteiger partial charge in [0.25, 0.3) is 11.7 Å². The van der Waals surface area contributed by atoms with Gasteiger partial charge < -0.3 is 29.2 Å². The van der Waals surface area contributed by atoms with Crippen molar-refractivity contribution in [3.63, 3.8) is 0 Å². The number of aliphatic hydroxyl groups is 1. The van der Waals surface area contributed by atoms with E-state index in [2.05, 4.69) is 4.98 Å². The number of amides is 1. The fraction of sp³-hybridized carbons (Fsp3) is 0.280. The first-order valence-corrected chi connectivity index (χ1v) is 11.5. The van der Waals surface area contributed by atoms with Crippen LogP contribution in [0.25, 0.3) is 16.7 Å². The summed E-state index contributed by atoms with van der Waals surface area (Å²) in [5, 5.41) is 12.4. The van der Waals surface area contributed by atoms with Crippen LogP contribution in [0.3, 0.4) is 0 Å². The Bertz CT molecular complexity index is 1330. The maximum atomic E-state index is 13.3. The summed E-state index contributed by atoms with van der Waals surface area (Å²) in [4.78, 5) is 31.1. The minimum atomic E-state index is -0.854. The van der Waals surface area contributed by atoms with Gasteiger partial charge in [-0.05, 0) is 18.6 Å². The summed E-state index contributed by atoms with van der Waals surface area (Å²) < 4.78 is 15.8. The molecule has 35 heavy (non-hydrogen) atoms. The van der Waals surface area contributed by atoms with Gasteiger partial charge in [-0.1, -0.05) is 41.4 Å². The zero-order chi connectivity index (χ0) is 25.3. The number of nitrogens with one attached hydrogen (secondary N) is 1. The molecule has 0 aliphatic carbocycles. The van der Waals surface area contributed by atoms with E-state index >= 15 is 0 Å². The number of nitrogens with zero attached hydrogens (tertiary/aromatic N) is 1. The number of hydrogen-bond donors (Lipinski definition) is 2. The number of aromatic nitrogens is 1. The van der Waals surface area contributed by atoms with Crippen LogP contribution in [0.2, 0.25) is 10.0 Å². The Morgan fingerprint density at radius 2 is 1.83 bits per heavy atom. The zero-order valence-corrected chi connectivity index (χ0v) is 20.9. The van der Waals surface area contributed by atoms with E-state index in [-0.39, 0.29) is 39.2 Å². The summed E-state index contributed by atoms with van der Waals surface area (Å²) in [6.45, 7) is 0.655. The molecule has 8 nitrogen and oxygen atoms in total. The van der Waals surface area contributed by atoms with Gasteiger partial charge in [0.1, 0.15) is 10.8 Å². The first kappa shape index (κ1) is 24.9. The van der Waals surface area contributed by atoms with Crippen LogP contribution in [0.4, 0.5) is 0 Å². The average molecular weight is 519 g/mol. The second kappa shape index (κ2) is 10.2. The van der Waals surface area contributed by atoms with Crippen molar-refractivity contribution in [1.29, 1.82) is 0 Å². The summed E-state index contributed by atoms with van der Waals surface area (Å²) in [6, 6.07) is 8.06. The molecular weight excluding hydrogens is 495 g/mol. The minimum absolute atomic E-state index is 0.0296. The Kier molecular flexibility index (Phi) is 7.25. The second-order valence-electron chi connectivity index (χ2n) is 7.91. The first-order valence-electron chi connectivity index (χ1n) is 10.8. The zero-order valence-electron chi connectivity index (χ0n) is 19.4. The van der Waals surface area contributed by atoms with E-state index in [1.54, 1.807) is 13.3 Å². The van der Waals surface area contributed by atoms with Crippen LogP contribution >= 0.6 is 23.2 Å². The van der Waals surface area contributed by atoms with Crippen molar-refractivity contribution in [2.45, 2.75) is 12.5 Å². The number of rotatable bonds is 8. The normalized spacial score (nSPS) is 17.4. The predicted octanol–water partition coefficient (Wildman–Crippen LogP) is 4.95. The van der Waals surface area contributed by atoms with Crippen LogP contribution in [0.5, 0.6) is 11.5 Å². The molecule has 0 radical (unpaired) electrons. The monoisotopic (exact) mass is 518 g/mol. The fourth-order valence-electron chi connectivity index (χ4n) is 4.43. The smallest absolute Gasteiger partial charge is 0.295 e. The molecular formula is C25H24Cl2N2O6. The lowest BCUT2D eigenvalue weighted by molar-refractivity contribution is -0.140. The lowest BCUT2D eigenvalue weighted by Gasteiger charge is -2.25. The lowest BCUT2D eigenvalue weighted by Crippen LogP contribution is -2.31. The van der Waals surface area contributed by atoms with E-state index in [0.29, 0.717) is 18.6 Å². The minimum Gasteiger partial charge on any atom is -0.507 e. The van der Waals surface area contributed by atoms with Crippen LogP contribution in [0.15, 0.2) is 42.1 Å². The van der Waals surface area contributed by atoms with Gasteiger partial charge in [-0.2, -0.15) is 0 Å². The number of carbonyl (C=O) groups excluding carboxylic acids is 2. The molecule has 1 atom stereocenters. The van der Waals surface area contributed by atoms with E-state index in [1.165, 1.54) is 25.2 Å². The SMILES string of the molecule is COCCCN1C(=O)C(=O)/C(=C(/O)c2cc(Cl)c(OC)c(Cl)c2OC)C1c1c[nH]c2ccccc12. The maximum Gasteiger partial charge on any atom is 0.295 e. The van der Waals surface area contributed by atoms with E-state index in [0.717, 1.165) is 10.9 Å². The lowest BCUT2D eigenvalue weighted by atomic mass is 9.94. The van der Waals surface area contributed by atoms with Crippen molar-refractivity contribution in [3.8, 4) is 11.5 Å². The molecule has 2 heterocycles.